The highest BCUT2D eigenvalue weighted by Crippen LogP contribution is 2.27. The third-order valence-corrected chi connectivity index (χ3v) is 8.25. The normalized spacial score (nSPS) is 13.6. The van der Waals surface area contributed by atoms with Crippen LogP contribution in [0.1, 0.15) is 22.3 Å². The summed E-state index contributed by atoms with van der Waals surface area (Å²) in [4.78, 5) is 29.2. The minimum absolute atomic E-state index is 0.0778. The largest absolute Gasteiger partial charge is 0.497 e. The molecule has 0 spiro atoms. The number of hydrogen-bond donors (Lipinski definition) is 2. The van der Waals surface area contributed by atoms with Gasteiger partial charge in [0, 0.05) is 25.7 Å². The Bertz CT molecular complexity index is 1270. The van der Waals surface area contributed by atoms with Gasteiger partial charge < -0.3 is 19.9 Å². The number of hydrogen-bond acceptors (Lipinski definition) is 8. The molecule has 0 unspecified atom stereocenters. The summed E-state index contributed by atoms with van der Waals surface area (Å²) in [6.45, 7) is 4.84. The Morgan fingerprint density at radius 3 is 2.42 bits per heavy atom. The van der Waals surface area contributed by atoms with Crippen molar-refractivity contribution in [1.82, 2.24) is 14.5 Å². The molecule has 1 aliphatic heterocycles. The quantitative estimate of drug-likeness (QED) is 0.364. The average molecular weight is 547 g/mol. The molecular weight excluding hydrogens is 512 g/mol. The van der Waals surface area contributed by atoms with Crippen LogP contribution in [0.3, 0.4) is 0 Å². The first-order chi connectivity index (χ1) is 18.0. The first-order valence-electron chi connectivity index (χ1n) is 12.1. The Hall–Kier alpha value is -3.32. The molecule has 38 heavy (non-hydrogen) atoms. The lowest BCUT2D eigenvalue weighted by atomic mass is 10.1. The lowest BCUT2D eigenvalue weighted by Crippen LogP contribution is -2.33. The molecule has 2 aromatic rings. The van der Waals surface area contributed by atoms with E-state index in [9.17, 15) is 23.1 Å². The Kier molecular flexibility index (Phi) is 9.97. The van der Waals surface area contributed by atoms with Crippen LogP contribution in [0.15, 0.2) is 46.3 Å². The Labute approximate surface area is 223 Å². The van der Waals surface area contributed by atoms with Gasteiger partial charge in [0.25, 0.3) is 0 Å². The maximum Gasteiger partial charge on any atom is 0.413 e. The molecule has 11 nitrogen and oxygen atoms in total. The Morgan fingerprint density at radius 1 is 1.16 bits per heavy atom. The number of amides is 1. The topological polar surface area (TPSA) is 138 Å². The SMILES string of the molecule is COc1cc(C)c(S(=O)(=O)N(C)CCOCC(=O)CNCc2ccc(C3=NCCN3C(=O)O)cc2)c(C)c1. The molecule has 0 saturated carbocycles. The zero-order valence-electron chi connectivity index (χ0n) is 22.1. The summed E-state index contributed by atoms with van der Waals surface area (Å²) in [6.07, 6.45) is -1.02. The van der Waals surface area contributed by atoms with Crippen LogP contribution in [0.5, 0.6) is 5.75 Å². The number of nitrogens with one attached hydrogen (secondary N) is 1. The fraction of sp³-hybridized carbons (Fsp3) is 0.423. The van der Waals surface area contributed by atoms with E-state index in [4.69, 9.17) is 9.47 Å². The van der Waals surface area contributed by atoms with E-state index < -0.39 is 16.1 Å². The molecule has 12 heteroatoms. The first kappa shape index (κ1) is 29.2. The smallest absolute Gasteiger partial charge is 0.413 e. The molecule has 0 saturated heterocycles. The molecule has 1 amide bonds. The monoisotopic (exact) mass is 546 g/mol. The van der Waals surface area contributed by atoms with Crippen LogP contribution >= 0.6 is 0 Å². The minimum Gasteiger partial charge on any atom is -0.497 e. The molecule has 0 bridgehead atoms. The summed E-state index contributed by atoms with van der Waals surface area (Å²) in [5.41, 5.74) is 2.85. The van der Waals surface area contributed by atoms with E-state index >= 15 is 0 Å². The third kappa shape index (κ3) is 7.16. The number of methoxy groups -OCH3 is 1. The van der Waals surface area contributed by atoms with Gasteiger partial charge in [-0.2, -0.15) is 4.31 Å². The zero-order chi connectivity index (χ0) is 27.9. The van der Waals surface area contributed by atoms with E-state index in [-0.39, 0.29) is 37.0 Å². The molecule has 206 valence electrons. The van der Waals surface area contributed by atoms with Crippen molar-refractivity contribution < 1.29 is 32.6 Å². The summed E-state index contributed by atoms with van der Waals surface area (Å²) >= 11 is 0. The van der Waals surface area contributed by atoms with Crippen LogP contribution in [-0.4, -0.2) is 94.0 Å². The molecule has 1 heterocycles. The Balaban J connectivity index is 1.39. The number of carbonyl (C=O) groups is 2. The number of ketones is 1. The summed E-state index contributed by atoms with van der Waals surface area (Å²) in [6, 6.07) is 10.7. The second-order valence-corrected chi connectivity index (χ2v) is 10.9. The van der Waals surface area contributed by atoms with Gasteiger partial charge in [-0.25, -0.2) is 13.2 Å². The van der Waals surface area contributed by atoms with Crippen molar-refractivity contribution in [1.29, 1.82) is 0 Å². The van der Waals surface area contributed by atoms with Crippen molar-refractivity contribution in [2.24, 2.45) is 4.99 Å². The average Bonchev–Trinajstić information content (AvgIpc) is 3.36. The van der Waals surface area contributed by atoms with Crippen LogP contribution in [0.2, 0.25) is 0 Å². The number of aryl methyl sites for hydroxylation is 2. The zero-order valence-corrected chi connectivity index (χ0v) is 22.9. The number of aliphatic imine (C=N–C) groups is 1. The number of rotatable bonds is 13. The van der Waals surface area contributed by atoms with E-state index in [1.54, 1.807) is 26.0 Å². The van der Waals surface area contributed by atoms with Crippen LogP contribution in [0.25, 0.3) is 0 Å². The van der Waals surface area contributed by atoms with Gasteiger partial charge in [-0.1, -0.05) is 24.3 Å². The summed E-state index contributed by atoms with van der Waals surface area (Å²) in [7, 11) is -0.712. The van der Waals surface area contributed by atoms with Gasteiger partial charge in [0.15, 0.2) is 5.78 Å². The third-order valence-electron chi connectivity index (χ3n) is 6.09. The molecule has 2 aromatic carbocycles. The molecule has 2 N–H and O–H groups in total. The second kappa shape index (κ2) is 13.0. The number of nitrogens with zero attached hydrogens (tertiary/aromatic N) is 3. The van der Waals surface area contributed by atoms with Gasteiger partial charge in [-0.15, -0.1) is 0 Å². The molecule has 3 rings (SSSR count). The van der Waals surface area contributed by atoms with Gasteiger partial charge in [0.05, 0.1) is 38.2 Å². The fourth-order valence-electron chi connectivity index (χ4n) is 4.14. The van der Waals surface area contributed by atoms with Crippen LogP contribution < -0.4 is 10.1 Å². The molecule has 0 aliphatic carbocycles. The molecular formula is C26H34N4O7S. The summed E-state index contributed by atoms with van der Waals surface area (Å²) in [5, 5.41) is 12.3. The number of Topliss-reactive ketones (excluding diaryl/α,β-unsaturated/α-hetero) is 1. The van der Waals surface area contributed by atoms with E-state index in [0.29, 0.717) is 42.3 Å². The summed E-state index contributed by atoms with van der Waals surface area (Å²) < 4.78 is 37.9. The number of carboxylic acid groups (broad SMARTS) is 1. The van der Waals surface area contributed by atoms with Crippen LogP contribution in [0, 0.1) is 13.8 Å². The first-order valence-corrected chi connectivity index (χ1v) is 13.5. The maximum absolute atomic E-state index is 13.0. The summed E-state index contributed by atoms with van der Waals surface area (Å²) in [5.74, 6) is 0.878. The fourth-order valence-corrected chi connectivity index (χ4v) is 5.70. The lowest BCUT2D eigenvalue weighted by Gasteiger charge is -2.20. The standard InChI is InChI=1S/C26H34N4O7S/c1-18-13-23(36-4)14-19(2)24(18)38(34,35)29(3)11-12-37-17-22(31)16-27-15-20-5-7-21(8-6-20)25-28-9-10-30(25)26(32)33/h5-8,13-14,27H,9-12,15-17H2,1-4H3,(H,32,33). The molecule has 0 radical (unpaired) electrons. The number of amidine groups is 1. The van der Waals surface area contributed by atoms with Crippen molar-refractivity contribution in [2.75, 3.05) is 53.6 Å². The van der Waals surface area contributed by atoms with Crippen LogP contribution in [0.4, 0.5) is 4.79 Å². The van der Waals surface area contributed by atoms with Gasteiger partial charge >= 0.3 is 6.09 Å². The lowest BCUT2D eigenvalue weighted by molar-refractivity contribution is -0.122. The number of likely N-dealkylation sites (N-methyl/N-ethyl adjacent to an activating group) is 1. The highest BCUT2D eigenvalue weighted by atomic mass is 32.2. The molecule has 0 aromatic heterocycles. The minimum atomic E-state index is -3.73. The highest BCUT2D eigenvalue weighted by Gasteiger charge is 2.26. The predicted molar refractivity (Wildman–Crippen MR) is 142 cm³/mol. The predicted octanol–water partition coefficient (Wildman–Crippen LogP) is 2.05. The van der Waals surface area contributed by atoms with E-state index in [0.717, 1.165) is 11.1 Å². The molecule has 1 aliphatic rings. The van der Waals surface area contributed by atoms with Gasteiger partial charge in [0.2, 0.25) is 10.0 Å². The second-order valence-electron chi connectivity index (χ2n) is 8.95. The Morgan fingerprint density at radius 2 is 1.82 bits per heavy atom. The van der Waals surface area contributed by atoms with Gasteiger partial charge in [-0.05, 0) is 42.7 Å². The van der Waals surface area contributed by atoms with Crippen LogP contribution in [-0.2, 0) is 26.1 Å². The molecule has 0 fully saturated rings. The number of carbonyl (C=O) groups excluding carboxylic acids is 1. The number of benzene rings is 2. The maximum atomic E-state index is 13.0. The number of ether oxygens (including phenoxy) is 2. The van der Waals surface area contributed by atoms with Crippen molar-refractivity contribution in [2.45, 2.75) is 25.3 Å². The van der Waals surface area contributed by atoms with E-state index in [1.165, 1.54) is 23.4 Å². The van der Waals surface area contributed by atoms with E-state index in [1.807, 2.05) is 24.3 Å². The molecule has 0 atom stereocenters. The van der Waals surface area contributed by atoms with Gasteiger partial charge in [0.1, 0.15) is 18.2 Å². The van der Waals surface area contributed by atoms with Crippen molar-refractivity contribution in [3.05, 3.63) is 58.7 Å². The van der Waals surface area contributed by atoms with Crippen molar-refractivity contribution in [3.8, 4) is 5.75 Å². The highest BCUT2D eigenvalue weighted by molar-refractivity contribution is 7.89. The van der Waals surface area contributed by atoms with E-state index in [2.05, 4.69) is 10.3 Å². The van der Waals surface area contributed by atoms with Gasteiger partial charge in [-0.3, -0.25) is 14.7 Å². The van der Waals surface area contributed by atoms with Crippen molar-refractivity contribution >= 4 is 27.7 Å². The number of sulfonamides is 1. The van der Waals surface area contributed by atoms with Crippen molar-refractivity contribution in [3.63, 3.8) is 0 Å².